The number of benzene rings is 3. The molecule has 0 radical (unpaired) electrons. The third kappa shape index (κ3) is 3.82. The number of halogens is 1. The molecule has 1 heterocycles. The van der Waals surface area contributed by atoms with Gasteiger partial charge in [0.2, 0.25) is 0 Å². The van der Waals surface area contributed by atoms with Crippen LogP contribution in [0.5, 0.6) is 0 Å². The fraction of sp³-hybridized carbons (Fsp3) is 0.185. The first-order valence-electron chi connectivity index (χ1n) is 10.6. The summed E-state index contributed by atoms with van der Waals surface area (Å²) in [6.45, 7) is 4.25. The zero-order valence-electron chi connectivity index (χ0n) is 18.2. The predicted octanol–water partition coefficient (Wildman–Crippen LogP) is 6.59. The zero-order valence-corrected chi connectivity index (χ0v) is 18.2. The minimum atomic E-state index is -0.359. The highest BCUT2D eigenvalue weighted by Gasteiger charge is 2.24. The molecule has 0 saturated carbocycles. The molecule has 4 nitrogen and oxygen atoms in total. The fourth-order valence-electron chi connectivity index (χ4n) is 3.97. The van der Waals surface area contributed by atoms with Gasteiger partial charge in [0.25, 0.3) is 5.91 Å². The second kappa shape index (κ2) is 8.79. The van der Waals surface area contributed by atoms with Crippen molar-refractivity contribution in [2.24, 2.45) is 0 Å². The molecule has 4 aromatic rings. The van der Waals surface area contributed by atoms with Crippen LogP contribution < -0.4 is 5.32 Å². The van der Waals surface area contributed by atoms with Crippen molar-refractivity contribution < 1.29 is 18.4 Å². The number of fused-ring (bicyclic) bond motifs is 1. The van der Waals surface area contributed by atoms with E-state index in [0.717, 1.165) is 29.4 Å². The van der Waals surface area contributed by atoms with E-state index in [1.807, 2.05) is 30.3 Å². The molecule has 1 N–H and O–H groups in total. The summed E-state index contributed by atoms with van der Waals surface area (Å²) in [7, 11) is 1.57. The van der Waals surface area contributed by atoms with Crippen molar-refractivity contribution >= 4 is 23.2 Å². The molecule has 1 atom stereocenters. The largest absolute Gasteiger partial charge is 0.455 e. The Balaban J connectivity index is 2.04. The first-order chi connectivity index (χ1) is 15.5. The van der Waals surface area contributed by atoms with Crippen LogP contribution in [0.2, 0.25) is 0 Å². The minimum absolute atomic E-state index is 0.233. The van der Waals surface area contributed by atoms with Crippen LogP contribution in [0.25, 0.3) is 33.4 Å². The van der Waals surface area contributed by atoms with Gasteiger partial charge in [0.1, 0.15) is 23.4 Å². The quantitative estimate of drug-likeness (QED) is 0.352. The smallest absolute Gasteiger partial charge is 0.255 e. The fourth-order valence-corrected chi connectivity index (χ4v) is 3.97. The van der Waals surface area contributed by atoms with Crippen LogP contribution in [0, 0.1) is 5.82 Å². The van der Waals surface area contributed by atoms with E-state index < -0.39 is 0 Å². The van der Waals surface area contributed by atoms with Crippen LogP contribution in [0.15, 0.2) is 65.1 Å². The van der Waals surface area contributed by atoms with Crippen LogP contribution in [0.1, 0.15) is 52.5 Å². The summed E-state index contributed by atoms with van der Waals surface area (Å²) in [5, 5.41) is 3.36. The lowest BCUT2D eigenvalue weighted by molar-refractivity contribution is 0.0964. The van der Waals surface area contributed by atoms with Gasteiger partial charge in [-0.1, -0.05) is 32.0 Å². The van der Waals surface area contributed by atoms with Crippen LogP contribution in [0.4, 0.5) is 4.39 Å². The number of aldehydes is 1. The Morgan fingerprint density at radius 3 is 2.50 bits per heavy atom. The van der Waals surface area contributed by atoms with Crippen molar-refractivity contribution in [1.29, 1.82) is 0 Å². The predicted molar refractivity (Wildman–Crippen MR) is 125 cm³/mol. The molecule has 0 aliphatic rings. The van der Waals surface area contributed by atoms with E-state index in [0.29, 0.717) is 33.4 Å². The summed E-state index contributed by atoms with van der Waals surface area (Å²) in [4.78, 5) is 24.2. The highest BCUT2D eigenvalue weighted by Crippen LogP contribution is 2.40. The lowest BCUT2D eigenvalue weighted by atomic mass is 9.88. The summed E-state index contributed by atoms with van der Waals surface area (Å²) >= 11 is 0. The molecule has 3 aromatic carbocycles. The summed E-state index contributed by atoms with van der Waals surface area (Å²) in [6.07, 6.45) is 1.74. The molecule has 162 valence electrons. The van der Waals surface area contributed by atoms with Crippen LogP contribution >= 0.6 is 0 Å². The standard InChI is InChI=1S/C27H24FNO3/c1-4-16(2)21-14-24-23(13-22(21)19-7-5-6-17(12-19)15-30)25(27(31)29-3)26(32-24)18-8-10-20(28)11-9-18/h5-16H,4H2,1-3H3,(H,29,31). The van der Waals surface area contributed by atoms with Gasteiger partial charge in [-0.2, -0.15) is 0 Å². The maximum Gasteiger partial charge on any atom is 0.255 e. The molecule has 5 heteroatoms. The monoisotopic (exact) mass is 429 g/mol. The molecule has 4 rings (SSSR count). The van der Waals surface area contributed by atoms with Gasteiger partial charge >= 0.3 is 0 Å². The number of hydrogen-bond donors (Lipinski definition) is 1. The van der Waals surface area contributed by atoms with Crippen LogP contribution in [-0.4, -0.2) is 19.2 Å². The number of nitrogens with one attached hydrogen (secondary N) is 1. The molecule has 1 amide bonds. The van der Waals surface area contributed by atoms with Gasteiger partial charge in [-0.05, 0) is 71.5 Å². The van der Waals surface area contributed by atoms with Crippen molar-refractivity contribution in [3.05, 3.63) is 83.2 Å². The second-order valence-corrected chi connectivity index (χ2v) is 7.88. The number of rotatable bonds is 6. The topological polar surface area (TPSA) is 59.3 Å². The lowest BCUT2D eigenvalue weighted by Gasteiger charge is -2.16. The maximum absolute atomic E-state index is 13.5. The Labute approximate surface area is 186 Å². The van der Waals surface area contributed by atoms with Gasteiger partial charge in [-0.15, -0.1) is 0 Å². The van der Waals surface area contributed by atoms with Crippen molar-refractivity contribution in [2.45, 2.75) is 26.2 Å². The molecule has 1 aromatic heterocycles. The number of amides is 1. The number of hydrogen-bond acceptors (Lipinski definition) is 3. The van der Waals surface area contributed by atoms with E-state index in [-0.39, 0.29) is 17.6 Å². The van der Waals surface area contributed by atoms with Crippen molar-refractivity contribution in [3.8, 4) is 22.5 Å². The van der Waals surface area contributed by atoms with Crippen LogP contribution in [-0.2, 0) is 0 Å². The van der Waals surface area contributed by atoms with E-state index in [4.69, 9.17) is 4.42 Å². The molecule has 1 unspecified atom stereocenters. The summed E-state index contributed by atoms with van der Waals surface area (Å²) in [6, 6.07) is 17.2. The van der Waals surface area contributed by atoms with Crippen molar-refractivity contribution in [1.82, 2.24) is 5.32 Å². The second-order valence-electron chi connectivity index (χ2n) is 7.88. The van der Waals surface area contributed by atoms with E-state index in [1.54, 1.807) is 25.2 Å². The highest BCUT2D eigenvalue weighted by molar-refractivity contribution is 6.12. The number of carbonyl (C=O) groups is 2. The molecular weight excluding hydrogens is 405 g/mol. The Morgan fingerprint density at radius 2 is 1.84 bits per heavy atom. The maximum atomic E-state index is 13.5. The van der Waals surface area contributed by atoms with E-state index >= 15 is 0 Å². The third-order valence-electron chi connectivity index (χ3n) is 5.90. The van der Waals surface area contributed by atoms with Crippen LogP contribution in [0.3, 0.4) is 0 Å². The average molecular weight is 429 g/mol. The van der Waals surface area contributed by atoms with Gasteiger partial charge in [0.15, 0.2) is 0 Å². The number of carbonyl (C=O) groups excluding carboxylic acids is 2. The Kier molecular flexibility index (Phi) is 5.91. The first-order valence-corrected chi connectivity index (χ1v) is 10.6. The molecular formula is C27H24FNO3. The van der Waals surface area contributed by atoms with Gasteiger partial charge in [0.05, 0.1) is 5.56 Å². The van der Waals surface area contributed by atoms with Crippen molar-refractivity contribution in [3.63, 3.8) is 0 Å². The molecule has 0 aliphatic heterocycles. The van der Waals surface area contributed by atoms with E-state index in [9.17, 15) is 14.0 Å². The van der Waals surface area contributed by atoms with Gasteiger partial charge in [-0.3, -0.25) is 9.59 Å². The van der Waals surface area contributed by atoms with E-state index in [2.05, 4.69) is 19.2 Å². The molecule has 0 aliphatic carbocycles. The average Bonchev–Trinajstić information content (AvgIpc) is 3.21. The normalized spacial score (nSPS) is 12.0. The molecule has 0 spiro atoms. The molecule has 32 heavy (non-hydrogen) atoms. The minimum Gasteiger partial charge on any atom is -0.455 e. The highest BCUT2D eigenvalue weighted by atomic mass is 19.1. The first kappa shape index (κ1) is 21.5. The Bertz CT molecular complexity index is 1300. The van der Waals surface area contributed by atoms with Gasteiger partial charge in [0, 0.05) is 23.6 Å². The Morgan fingerprint density at radius 1 is 1.09 bits per heavy atom. The number of furan rings is 1. The lowest BCUT2D eigenvalue weighted by Crippen LogP contribution is -2.18. The molecule has 0 bridgehead atoms. The molecule has 0 saturated heterocycles. The zero-order chi connectivity index (χ0) is 22.8. The van der Waals surface area contributed by atoms with Gasteiger partial charge < -0.3 is 9.73 Å². The van der Waals surface area contributed by atoms with Gasteiger partial charge in [-0.25, -0.2) is 4.39 Å². The summed E-state index contributed by atoms with van der Waals surface area (Å²) in [5.74, 6) is -0.0138. The Hall–Kier alpha value is -3.73. The summed E-state index contributed by atoms with van der Waals surface area (Å²) < 4.78 is 19.7. The third-order valence-corrected chi connectivity index (χ3v) is 5.90. The molecule has 0 fully saturated rings. The SMILES string of the molecule is CCC(C)c1cc2oc(-c3ccc(F)cc3)c(C(=O)NC)c2cc1-c1cccc(C=O)c1. The summed E-state index contributed by atoms with van der Waals surface area (Å²) in [5.41, 5.74) is 5.13. The van der Waals surface area contributed by atoms with Crippen molar-refractivity contribution in [2.75, 3.05) is 7.05 Å². The van der Waals surface area contributed by atoms with E-state index in [1.165, 1.54) is 12.1 Å².